The zero-order valence-corrected chi connectivity index (χ0v) is 13.1. The van der Waals surface area contributed by atoms with Crippen LogP contribution in [0.3, 0.4) is 0 Å². The molecule has 0 aromatic heterocycles. The lowest BCUT2D eigenvalue weighted by atomic mass is 9.78. The Morgan fingerprint density at radius 3 is 2.61 bits per heavy atom. The van der Waals surface area contributed by atoms with Crippen LogP contribution in [0.5, 0.6) is 0 Å². The van der Waals surface area contributed by atoms with Gasteiger partial charge in [-0.15, -0.1) is 0 Å². The number of piperidine rings is 1. The first-order valence-corrected chi connectivity index (χ1v) is 8.03. The number of carbonyl (C=O) groups is 1. The van der Waals surface area contributed by atoms with E-state index < -0.39 is 23.8 Å². The van der Waals surface area contributed by atoms with Gasteiger partial charge in [0, 0.05) is 13.2 Å². The molecule has 2 aliphatic heterocycles. The van der Waals surface area contributed by atoms with Crippen LogP contribution in [-0.4, -0.2) is 58.7 Å². The second-order valence-electron chi connectivity index (χ2n) is 6.33. The Hall–Kier alpha value is -1.63. The molecule has 0 radical (unpaired) electrons. The quantitative estimate of drug-likeness (QED) is 0.858. The highest BCUT2D eigenvalue weighted by molar-refractivity contribution is 5.69. The van der Waals surface area contributed by atoms with E-state index in [4.69, 9.17) is 9.47 Å². The summed E-state index contributed by atoms with van der Waals surface area (Å²) in [7, 11) is 0. The Morgan fingerprint density at radius 1 is 1.22 bits per heavy atom. The summed E-state index contributed by atoms with van der Waals surface area (Å²) in [5.74, 6) is 0. The van der Waals surface area contributed by atoms with Gasteiger partial charge in [-0.1, -0.05) is 30.3 Å². The number of aliphatic hydroxyl groups excluding tert-OH is 2. The van der Waals surface area contributed by atoms with Crippen LogP contribution in [0.4, 0.5) is 4.79 Å². The van der Waals surface area contributed by atoms with Crippen molar-refractivity contribution in [3.8, 4) is 0 Å². The predicted octanol–water partition coefficient (Wildman–Crippen LogP) is 1.30. The van der Waals surface area contributed by atoms with E-state index in [-0.39, 0.29) is 13.2 Å². The Kier molecular flexibility index (Phi) is 4.84. The standard InChI is InChI=1S/C17H23NO5/c19-14-10-17(6-8-22-9-7-17)18(11-15(14)20)16(21)23-12-13-4-2-1-3-5-13/h1-5,14-15,19-20H,6-12H2/t14-,15+/m0/s1. The topological polar surface area (TPSA) is 79.2 Å². The summed E-state index contributed by atoms with van der Waals surface area (Å²) in [5.41, 5.74) is 0.435. The van der Waals surface area contributed by atoms with Gasteiger partial charge in [0.2, 0.25) is 0 Å². The van der Waals surface area contributed by atoms with Crippen molar-refractivity contribution >= 4 is 6.09 Å². The van der Waals surface area contributed by atoms with E-state index in [0.29, 0.717) is 32.5 Å². The molecule has 2 heterocycles. The third-order valence-corrected chi connectivity index (χ3v) is 4.82. The van der Waals surface area contributed by atoms with Crippen molar-refractivity contribution in [3.63, 3.8) is 0 Å². The van der Waals surface area contributed by atoms with Crippen LogP contribution in [0, 0.1) is 0 Å². The van der Waals surface area contributed by atoms with E-state index in [2.05, 4.69) is 0 Å². The number of hydrogen-bond acceptors (Lipinski definition) is 5. The van der Waals surface area contributed by atoms with Crippen LogP contribution in [0.1, 0.15) is 24.8 Å². The summed E-state index contributed by atoms with van der Waals surface area (Å²) in [6, 6.07) is 9.48. The fourth-order valence-corrected chi connectivity index (χ4v) is 3.43. The lowest BCUT2D eigenvalue weighted by Gasteiger charge is -2.51. The number of aliphatic hydroxyl groups is 2. The first-order chi connectivity index (χ1) is 11.1. The molecule has 1 aromatic rings. The number of rotatable bonds is 2. The fourth-order valence-electron chi connectivity index (χ4n) is 3.43. The summed E-state index contributed by atoms with van der Waals surface area (Å²) < 4.78 is 10.8. The van der Waals surface area contributed by atoms with Gasteiger partial charge in [0.1, 0.15) is 6.61 Å². The second kappa shape index (κ2) is 6.86. The Bertz CT molecular complexity index is 529. The lowest BCUT2D eigenvalue weighted by Crippen LogP contribution is -2.64. The molecule has 0 saturated carbocycles. The third-order valence-electron chi connectivity index (χ3n) is 4.82. The first-order valence-electron chi connectivity index (χ1n) is 8.03. The third kappa shape index (κ3) is 3.49. The number of likely N-dealkylation sites (tertiary alicyclic amines) is 1. The molecule has 0 bridgehead atoms. The predicted molar refractivity (Wildman–Crippen MR) is 82.7 cm³/mol. The molecule has 2 N–H and O–H groups in total. The van der Waals surface area contributed by atoms with Crippen molar-refractivity contribution in [2.75, 3.05) is 19.8 Å². The van der Waals surface area contributed by atoms with Gasteiger partial charge in [-0.2, -0.15) is 0 Å². The minimum atomic E-state index is -0.937. The zero-order valence-electron chi connectivity index (χ0n) is 13.1. The number of carbonyl (C=O) groups excluding carboxylic acids is 1. The molecule has 1 spiro atoms. The molecule has 0 unspecified atom stereocenters. The molecule has 1 amide bonds. The smallest absolute Gasteiger partial charge is 0.410 e. The first kappa shape index (κ1) is 16.2. The monoisotopic (exact) mass is 321 g/mol. The van der Waals surface area contributed by atoms with E-state index in [1.165, 1.54) is 0 Å². The van der Waals surface area contributed by atoms with Gasteiger partial charge in [-0.05, 0) is 24.8 Å². The highest BCUT2D eigenvalue weighted by atomic mass is 16.6. The molecule has 2 fully saturated rings. The number of nitrogens with zero attached hydrogens (tertiary/aromatic N) is 1. The average Bonchev–Trinajstić information content (AvgIpc) is 2.58. The van der Waals surface area contributed by atoms with Crippen LogP contribution in [0.15, 0.2) is 30.3 Å². The molecule has 126 valence electrons. The average molecular weight is 321 g/mol. The summed E-state index contributed by atoms with van der Waals surface area (Å²) in [6.45, 7) is 1.38. The van der Waals surface area contributed by atoms with Crippen LogP contribution in [0.25, 0.3) is 0 Å². The van der Waals surface area contributed by atoms with Gasteiger partial charge in [0.15, 0.2) is 0 Å². The van der Waals surface area contributed by atoms with Crippen molar-refractivity contribution in [2.24, 2.45) is 0 Å². The van der Waals surface area contributed by atoms with E-state index in [9.17, 15) is 15.0 Å². The molecule has 6 nitrogen and oxygen atoms in total. The molecule has 23 heavy (non-hydrogen) atoms. The summed E-state index contributed by atoms with van der Waals surface area (Å²) in [4.78, 5) is 14.2. The largest absolute Gasteiger partial charge is 0.445 e. The van der Waals surface area contributed by atoms with Gasteiger partial charge < -0.3 is 19.7 Å². The Balaban J connectivity index is 1.70. The minimum absolute atomic E-state index is 0.0921. The summed E-state index contributed by atoms with van der Waals surface area (Å²) >= 11 is 0. The van der Waals surface area contributed by atoms with Crippen molar-refractivity contribution in [2.45, 2.75) is 43.6 Å². The van der Waals surface area contributed by atoms with Crippen molar-refractivity contribution in [1.82, 2.24) is 4.90 Å². The highest BCUT2D eigenvalue weighted by Crippen LogP contribution is 2.37. The number of ether oxygens (including phenoxy) is 2. The number of amides is 1. The fraction of sp³-hybridized carbons (Fsp3) is 0.588. The van der Waals surface area contributed by atoms with Crippen molar-refractivity contribution < 1.29 is 24.5 Å². The summed E-state index contributed by atoms with van der Waals surface area (Å²) in [5, 5.41) is 20.0. The Morgan fingerprint density at radius 2 is 1.91 bits per heavy atom. The van der Waals surface area contributed by atoms with E-state index in [0.717, 1.165) is 5.56 Å². The van der Waals surface area contributed by atoms with Gasteiger partial charge in [0.05, 0.1) is 24.3 Å². The molecule has 6 heteroatoms. The van der Waals surface area contributed by atoms with Gasteiger partial charge >= 0.3 is 6.09 Å². The van der Waals surface area contributed by atoms with E-state index in [1.807, 2.05) is 30.3 Å². The normalized spacial score (nSPS) is 27.0. The molecular formula is C17H23NO5. The maximum Gasteiger partial charge on any atom is 0.410 e. The number of benzene rings is 1. The molecule has 1 aromatic carbocycles. The van der Waals surface area contributed by atoms with Gasteiger partial charge in [-0.3, -0.25) is 4.90 Å². The molecule has 2 saturated heterocycles. The van der Waals surface area contributed by atoms with Crippen LogP contribution in [-0.2, 0) is 16.1 Å². The van der Waals surface area contributed by atoms with Gasteiger partial charge in [-0.25, -0.2) is 4.79 Å². The van der Waals surface area contributed by atoms with Gasteiger partial charge in [0.25, 0.3) is 0 Å². The molecule has 0 aliphatic carbocycles. The minimum Gasteiger partial charge on any atom is -0.445 e. The highest BCUT2D eigenvalue weighted by Gasteiger charge is 2.49. The number of β-amino-alcohol motifs (C(OH)–C–C–N with tert-alkyl or cyclic N) is 1. The summed E-state index contributed by atoms with van der Waals surface area (Å²) in [6.07, 6.45) is -0.535. The van der Waals surface area contributed by atoms with Crippen LogP contribution < -0.4 is 0 Å². The molecular weight excluding hydrogens is 298 g/mol. The maximum atomic E-state index is 12.6. The van der Waals surface area contributed by atoms with E-state index >= 15 is 0 Å². The Labute approximate surface area is 135 Å². The maximum absolute atomic E-state index is 12.6. The van der Waals surface area contributed by atoms with Crippen LogP contribution >= 0.6 is 0 Å². The lowest BCUT2D eigenvalue weighted by molar-refractivity contribution is -0.119. The second-order valence-corrected chi connectivity index (χ2v) is 6.33. The van der Waals surface area contributed by atoms with Crippen LogP contribution in [0.2, 0.25) is 0 Å². The van der Waals surface area contributed by atoms with E-state index in [1.54, 1.807) is 4.90 Å². The molecule has 2 atom stereocenters. The molecule has 3 rings (SSSR count). The van der Waals surface area contributed by atoms with Crippen molar-refractivity contribution in [3.05, 3.63) is 35.9 Å². The van der Waals surface area contributed by atoms with Crippen molar-refractivity contribution in [1.29, 1.82) is 0 Å². The number of hydrogen-bond donors (Lipinski definition) is 2. The SMILES string of the molecule is O=C(OCc1ccccc1)N1C[C@@H](O)[C@@H](O)CC12CCOCC2. The zero-order chi connectivity index (χ0) is 16.3. The molecule has 2 aliphatic rings.